The molecule has 124 valence electrons. The van der Waals surface area contributed by atoms with E-state index >= 15 is 0 Å². The Bertz CT molecular complexity index is 785. The first-order valence-electron chi connectivity index (χ1n) is 7.32. The lowest BCUT2D eigenvalue weighted by molar-refractivity contribution is 0.110. The van der Waals surface area contributed by atoms with E-state index in [1.165, 1.54) is 7.05 Å². The molecule has 2 heterocycles. The summed E-state index contributed by atoms with van der Waals surface area (Å²) in [6.07, 6.45) is 0.601. The fourth-order valence-corrected chi connectivity index (χ4v) is 3.00. The maximum absolute atomic E-state index is 12.3. The molecule has 1 aromatic carbocycles. The van der Waals surface area contributed by atoms with E-state index in [-0.39, 0.29) is 36.3 Å². The smallest absolute Gasteiger partial charge is 0.328 e. The lowest BCUT2D eigenvalue weighted by atomic mass is 10.0. The van der Waals surface area contributed by atoms with Gasteiger partial charge in [-0.2, -0.15) is 0 Å². The van der Waals surface area contributed by atoms with Gasteiger partial charge in [0.2, 0.25) is 0 Å². The molecule has 1 aliphatic rings. The van der Waals surface area contributed by atoms with E-state index < -0.39 is 0 Å². The van der Waals surface area contributed by atoms with Gasteiger partial charge in [-0.25, -0.2) is 4.79 Å². The normalized spacial score (nSPS) is 15.6. The molecule has 1 aromatic heterocycles. The number of aromatic nitrogens is 2. The fourth-order valence-electron chi connectivity index (χ4n) is 3.00. The maximum atomic E-state index is 12.3. The van der Waals surface area contributed by atoms with Crippen LogP contribution in [-0.2, 0) is 20.0 Å². The summed E-state index contributed by atoms with van der Waals surface area (Å²) in [4.78, 5) is 28.8. The number of nitrogens with zero attached hydrogens (tertiary/aromatic N) is 2. The molecule has 7 heteroatoms. The minimum atomic E-state index is -0.376. The second kappa shape index (κ2) is 7.12. The standard InChI is InChI=1S/C16H19N3O3.ClH/c1-18-15(21)12-9-19(8-7-13(12)17-16(18)22)14(10-20)11-5-3-2-4-6-11;/h2-6,14,20H,7-10H2,1H3,(H,17,22);1H. The minimum absolute atomic E-state index is 0. The highest BCUT2D eigenvalue weighted by Crippen LogP contribution is 2.25. The highest BCUT2D eigenvalue weighted by molar-refractivity contribution is 5.85. The van der Waals surface area contributed by atoms with Crippen LogP contribution in [0, 0.1) is 0 Å². The minimum Gasteiger partial charge on any atom is -0.394 e. The van der Waals surface area contributed by atoms with Crippen LogP contribution in [0.15, 0.2) is 39.9 Å². The van der Waals surface area contributed by atoms with Crippen molar-refractivity contribution < 1.29 is 5.11 Å². The molecule has 0 bridgehead atoms. The Morgan fingerprint density at radius 1 is 1.26 bits per heavy atom. The fraction of sp³-hybridized carbons (Fsp3) is 0.375. The van der Waals surface area contributed by atoms with Gasteiger partial charge in [0.05, 0.1) is 18.2 Å². The molecule has 1 aliphatic heterocycles. The molecule has 1 atom stereocenters. The topological polar surface area (TPSA) is 78.3 Å². The zero-order valence-electron chi connectivity index (χ0n) is 12.9. The van der Waals surface area contributed by atoms with Crippen molar-refractivity contribution in [1.82, 2.24) is 14.5 Å². The summed E-state index contributed by atoms with van der Waals surface area (Å²) in [5.74, 6) is 0. The number of fused-ring (bicyclic) bond motifs is 1. The molecule has 2 aromatic rings. The zero-order chi connectivity index (χ0) is 15.7. The van der Waals surface area contributed by atoms with Crippen LogP contribution in [0.25, 0.3) is 0 Å². The number of hydrogen-bond donors (Lipinski definition) is 2. The van der Waals surface area contributed by atoms with E-state index in [1.807, 2.05) is 30.3 Å². The first-order valence-corrected chi connectivity index (χ1v) is 7.32. The molecule has 1 unspecified atom stereocenters. The van der Waals surface area contributed by atoms with Crippen molar-refractivity contribution in [3.8, 4) is 0 Å². The van der Waals surface area contributed by atoms with Gasteiger partial charge in [0.1, 0.15) is 0 Å². The van der Waals surface area contributed by atoms with Gasteiger partial charge in [-0.3, -0.25) is 14.3 Å². The SMILES string of the molecule is Cl.Cn1c(=O)[nH]c2c(c1=O)CN(C(CO)c1ccccc1)CC2. The van der Waals surface area contributed by atoms with Crippen LogP contribution in [0.3, 0.4) is 0 Å². The zero-order valence-corrected chi connectivity index (χ0v) is 13.7. The summed E-state index contributed by atoms with van der Waals surface area (Å²) in [6, 6.07) is 9.61. The molecule has 0 fully saturated rings. The van der Waals surface area contributed by atoms with E-state index in [1.54, 1.807) is 0 Å². The van der Waals surface area contributed by atoms with Crippen LogP contribution < -0.4 is 11.2 Å². The Kier molecular flexibility index (Phi) is 5.41. The van der Waals surface area contributed by atoms with Crippen LogP contribution in [-0.4, -0.2) is 32.7 Å². The van der Waals surface area contributed by atoms with E-state index in [4.69, 9.17) is 0 Å². The molecule has 0 saturated carbocycles. The van der Waals surface area contributed by atoms with Gasteiger partial charge >= 0.3 is 5.69 Å². The van der Waals surface area contributed by atoms with Crippen molar-refractivity contribution in [2.24, 2.45) is 7.05 Å². The van der Waals surface area contributed by atoms with Gasteiger partial charge in [-0.1, -0.05) is 30.3 Å². The van der Waals surface area contributed by atoms with Crippen LogP contribution in [0.1, 0.15) is 22.9 Å². The number of rotatable bonds is 3. The summed E-state index contributed by atoms with van der Waals surface area (Å²) < 4.78 is 1.10. The molecule has 23 heavy (non-hydrogen) atoms. The first-order chi connectivity index (χ1) is 10.6. The van der Waals surface area contributed by atoms with Crippen molar-refractivity contribution in [3.63, 3.8) is 0 Å². The molecule has 0 radical (unpaired) electrons. The van der Waals surface area contributed by atoms with E-state index in [2.05, 4.69) is 9.88 Å². The van der Waals surface area contributed by atoms with Crippen molar-refractivity contribution in [3.05, 3.63) is 68.0 Å². The molecule has 6 nitrogen and oxygen atoms in total. The summed E-state index contributed by atoms with van der Waals surface area (Å²) in [5.41, 5.74) is 1.72. The Balaban J connectivity index is 0.00000192. The number of aliphatic hydroxyl groups is 1. The molecule has 0 aliphatic carbocycles. The van der Waals surface area contributed by atoms with Gasteiger partial charge in [-0.05, 0) is 5.56 Å². The second-order valence-electron chi connectivity index (χ2n) is 5.58. The van der Waals surface area contributed by atoms with Crippen LogP contribution >= 0.6 is 12.4 Å². The molecule has 0 spiro atoms. The summed E-state index contributed by atoms with van der Waals surface area (Å²) in [5, 5.41) is 9.76. The molecular weight excluding hydrogens is 318 g/mol. The summed E-state index contributed by atoms with van der Waals surface area (Å²) in [6.45, 7) is 1.11. The first kappa shape index (κ1) is 17.5. The Hall–Kier alpha value is -1.89. The number of H-pyrrole nitrogens is 1. The number of aliphatic hydroxyl groups excluding tert-OH is 1. The third kappa shape index (κ3) is 3.24. The molecule has 2 N–H and O–H groups in total. The average molecular weight is 338 g/mol. The third-order valence-electron chi connectivity index (χ3n) is 4.30. The number of hydrogen-bond acceptors (Lipinski definition) is 4. The lowest BCUT2D eigenvalue weighted by Gasteiger charge is -2.34. The van der Waals surface area contributed by atoms with E-state index in [9.17, 15) is 14.7 Å². The van der Waals surface area contributed by atoms with Crippen LogP contribution in [0.5, 0.6) is 0 Å². The number of halogens is 1. The second-order valence-corrected chi connectivity index (χ2v) is 5.58. The monoisotopic (exact) mass is 337 g/mol. The number of aromatic amines is 1. The van der Waals surface area contributed by atoms with Gasteiger partial charge in [0.15, 0.2) is 0 Å². The van der Waals surface area contributed by atoms with Crippen LogP contribution in [0.4, 0.5) is 0 Å². The predicted molar refractivity (Wildman–Crippen MR) is 89.9 cm³/mol. The maximum Gasteiger partial charge on any atom is 0.328 e. The number of benzene rings is 1. The Morgan fingerprint density at radius 2 is 1.96 bits per heavy atom. The number of nitrogens with one attached hydrogen (secondary N) is 1. The van der Waals surface area contributed by atoms with Gasteiger partial charge in [0, 0.05) is 32.3 Å². The average Bonchev–Trinajstić information content (AvgIpc) is 2.55. The van der Waals surface area contributed by atoms with Crippen molar-refractivity contribution in [2.75, 3.05) is 13.2 Å². The van der Waals surface area contributed by atoms with Crippen molar-refractivity contribution >= 4 is 12.4 Å². The molecule has 3 rings (SSSR count). The van der Waals surface area contributed by atoms with Gasteiger partial charge in [-0.15, -0.1) is 12.4 Å². The van der Waals surface area contributed by atoms with E-state index in [0.717, 1.165) is 10.1 Å². The van der Waals surface area contributed by atoms with Crippen molar-refractivity contribution in [1.29, 1.82) is 0 Å². The van der Waals surface area contributed by atoms with Gasteiger partial charge in [0.25, 0.3) is 5.56 Å². The largest absolute Gasteiger partial charge is 0.394 e. The van der Waals surface area contributed by atoms with Crippen LogP contribution in [0.2, 0.25) is 0 Å². The Labute approximate surface area is 139 Å². The molecular formula is C16H20ClN3O3. The highest BCUT2D eigenvalue weighted by atomic mass is 35.5. The summed E-state index contributed by atoms with van der Waals surface area (Å²) in [7, 11) is 1.47. The third-order valence-corrected chi connectivity index (χ3v) is 4.30. The highest BCUT2D eigenvalue weighted by Gasteiger charge is 2.27. The predicted octanol–water partition coefficient (Wildman–Crippen LogP) is 0.587. The molecule has 0 amide bonds. The van der Waals surface area contributed by atoms with E-state index in [0.29, 0.717) is 30.8 Å². The van der Waals surface area contributed by atoms with Gasteiger partial charge < -0.3 is 10.1 Å². The lowest BCUT2D eigenvalue weighted by Crippen LogP contribution is -2.44. The molecule has 0 saturated heterocycles. The summed E-state index contributed by atoms with van der Waals surface area (Å²) >= 11 is 0. The quantitative estimate of drug-likeness (QED) is 0.859. The Morgan fingerprint density at radius 3 is 2.61 bits per heavy atom. The van der Waals surface area contributed by atoms with Crippen molar-refractivity contribution in [2.45, 2.75) is 19.0 Å².